The van der Waals surface area contributed by atoms with Crippen LogP contribution in [0.3, 0.4) is 0 Å². The molecule has 4 rings (SSSR count). The van der Waals surface area contributed by atoms with Gasteiger partial charge in [-0.05, 0) is 43.3 Å². The summed E-state index contributed by atoms with van der Waals surface area (Å²) >= 11 is 0. The van der Waals surface area contributed by atoms with Crippen molar-refractivity contribution in [3.05, 3.63) is 88.7 Å². The number of aryl methyl sites for hydroxylation is 1. The molecule has 8 nitrogen and oxygen atoms in total. The topological polar surface area (TPSA) is 109 Å². The normalized spacial score (nSPS) is 10.4. The van der Waals surface area contributed by atoms with E-state index in [1.165, 1.54) is 0 Å². The van der Waals surface area contributed by atoms with Gasteiger partial charge in [-0.1, -0.05) is 42.0 Å². The zero-order chi connectivity index (χ0) is 22.5. The summed E-state index contributed by atoms with van der Waals surface area (Å²) in [6, 6.07) is 21.0. The molecule has 2 amide bonds. The minimum absolute atomic E-state index is 0.233. The fourth-order valence-electron chi connectivity index (χ4n) is 3.12. The number of anilines is 2. The Balaban J connectivity index is 1.56. The van der Waals surface area contributed by atoms with Gasteiger partial charge in [0.05, 0.1) is 12.8 Å². The second-order valence-corrected chi connectivity index (χ2v) is 7.07. The van der Waals surface area contributed by atoms with Crippen LogP contribution in [0.1, 0.15) is 5.56 Å². The smallest absolute Gasteiger partial charge is 0.323 e. The number of nitrogens with one attached hydrogen (secondary N) is 3. The Morgan fingerprint density at radius 2 is 1.62 bits per heavy atom. The highest BCUT2D eigenvalue weighted by Gasteiger charge is 2.13. The van der Waals surface area contributed by atoms with Crippen LogP contribution in [0.15, 0.2) is 77.6 Å². The van der Waals surface area contributed by atoms with E-state index in [2.05, 4.69) is 25.8 Å². The van der Waals surface area contributed by atoms with E-state index in [0.29, 0.717) is 28.3 Å². The molecule has 0 unspecified atom stereocenters. The summed E-state index contributed by atoms with van der Waals surface area (Å²) in [5.41, 5.74) is 3.26. The van der Waals surface area contributed by atoms with Crippen molar-refractivity contribution < 1.29 is 9.53 Å². The van der Waals surface area contributed by atoms with Gasteiger partial charge in [-0.15, -0.1) is 10.2 Å². The maximum atomic E-state index is 12.7. The van der Waals surface area contributed by atoms with Gasteiger partial charge in [-0.3, -0.25) is 4.79 Å². The maximum absolute atomic E-state index is 12.7. The van der Waals surface area contributed by atoms with Crippen LogP contribution in [-0.2, 0) is 0 Å². The van der Waals surface area contributed by atoms with Gasteiger partial charge in [-0.25, -0.2) is 4.79 Å². The first kappa shape index (κ1) is 20.8. The number of rotatable bonds is 5. The SMILES string of the molecule is COc1ccc(NC(=O)Nc2ccccc2-c2nnc(-c3ccc(C)cc3)c(=O)[nH]2)cc1. The Morgan fingerprint density at radius 3 is 2.31 bits per heavy atom. The molecule has 0 bridgehead atoms. The average Bonchev–Trinajstić information content (AvgIpc) is 2.80. The number of benzene rings is 3. The molecule has 0 aliphatic heterocycles. The second-order valence-electron chi connectivity index (χ2n) is 7.07. The highest BCUT2D eigenvalue weighted by atomic mass is 16.5. The highest BCUT2D eigenvalue weighted by molar-refractivity contribution is 6.02. The first-order chi connectivity index (χ1) is 15.5. The molecule has 8 heteroatoms. The van der Waals surface area contributed by atoms with E-state index in [4.69, 9.17) is 4.74 Å². The van der Waals surface area contributed by atoms with Crippen molar-refractivity contribution in [2.45, 2.75) is 6.92 Å². The third kappa shape index (κ3) is 4.65. The molecular formula is C24H21N5O3. The lowest BCUT2D eigenvalue weighted by atomic mass is 10.1. The molecule has 0 fully saturated rings. The summed E-state index contributed by atoms with van der Waals surface area (Å²) in [7, 11) is 1.58. The predicted octanol–water partition coefficient (Wildman–Crippen LogP) is 4.46. The molecule has 1 aromatic heterocycles. The predicted molar refractivity (Wildman–Crippen MR) is 124 cm³/mol. The standard InChI is InChI=1S/C24H21N5O3/c1-15-7-9-16(10-8-15)21-23(30)27-22(29-28-21)19-5-3-4-6-20(19)26-24(31)25-17-11-13-18(32-2)14-12-17/h3-14H,1-2H3,(H2,25,26,31)(H,27,29,30). The number of aromatic amines is 1. The lowest BCUT2D eigenvalue weighted by Crippen LogP contribution is -2.20. The number of carbonyl (C=O) groups is 1. The lowest BCUT2D eigenvalue weighted by Gasteiger charge is -2.12. The maximum Gasteiger partial charge on any atom is 0.323 e. The fourth-order valence-corrected chi connectivity index (χ4v) is 3.12. The average molecular weight is 427 g/mol. The van der Waals surface area contributed by atoms with Crippen molar-refractivity contribution >= 4 is 17.4 Å². The number of aromatic nitrogens is 3. The number of hydrogen-bond donors (Lipinski definition) is 3. The zero-order valence-corrected chi connectivity index (χ0v) is 17.5. The minimum Gasteiger partial charge on any atom is -0.497 e. The quantitative estimate of drug-likeness (QED) is 0.436. The molecule has 0 saturated carbocycles. The first-order valence-corrected chi connectivity index (χ1v) is 9.89. The monoisotopic (exact) mass is 427 g/mol. The van der Waals surface area contributed by atoms with E-state index >= 15 is 0 Å². The molecule has 32 heavy (non-hydrogen) atoms. The van der Waals surface area contributed by atoms with Crippen LogP contribution < -0.4 is 20.9 Å². The summed E-state index contributed by atoms with van der Waals surface area (Å²) in [5, 5.41) is 13.9. The Bertz CT molecular complexity index is 1300. The van der Waals surface area contributed by atoms with Crippen LogP contribution in [0, 0.1) is 6.92 Å². The number of urea groups is 1. The molecule has 3 N–H and O–H groups in total. The van der Waals surface area contributed by atoms with Crippen LogP contribution in [0.2, 0.25) is 0 Å². The molecule has 0 saturated heterocycles. The fraction of sp³-hybridized carbons (Fsp3) is 0.0833. The zero-order valence-electron chi connectivity index (χ0n) is 17.5. The van der Waals surface area contributed by atoms with E-state index in [1.807, 2.05) is 31.2 Å². The van der Waals surface area contributed by atoms with E-state index in [1.54, 1.807) is 55.6 Å². The van der Waals surface area contributed by atoms with Gasteiger partial charge in [0.25, 0.3) is 5.56 Å². The highest BCUT2D eigenvalue weighted by Crippen LogP contribution is 2.25. The third-order valence-electron chi connectivity index (χ3n) is 4.80. The number of H-pyrrole nitrogens is 1. The van der Waals surface area contributed by atoms with Crippen LogP contribution in [-0.4, -0.2) is 28.3 Å². The third-order valence-corrected chi connectivity index (χ3v) is 4.80. The summed E-state index contributed by atoms with van der Waals surface area (Å²) < 4.78 is 5.12. The molecule has 160 valence electrons. The van der Waals surface area contributed by atoms with Gasteiger partial charge in [0.1, 0.15) is 5.75 Å². The van der Waals surface area contributed by atoms with E-state index in [0.717, 1.165) is 5.56 Å². The molecule has 0 radical (unpaired) electrons. The van der Waals surface area contributed by atoms with E-state index in [9.17, 15) is 9.59 Å². The molecule has 0 aliphatic carbocycles. The molecule has 1 heterocycles. The van der Waals surface area contributed by atoms with Gasteiger partial charge in [0, 0.05) is 16.8 Å². The van der Waals surface area contributed by atoms with Crippen molar-refractivity contribution in [3.8, 4) is 28.4 Å². The molecule has 0 aliphatic rings. The summed E-state index contributed by atoms with van der Waals surface area (Å²) in [5.74, 6) is 0.948. The van der Waals surface area contributed by atoms with Crippen molar-refractivity contribution in [2.75, 3.05) is 17.7 Å². The van der Waals surface area contributed by atoms with Crippen molar-refractivity contribution in [1.82, 2.24) is 15.2 Å². The minimum atomic E-state index is -0.436. The van der Waals surface area contributed by atoms with Crippen molar-refractivity contribution in [2.24, 2.45) is 0 Å². The number of carbonyl (C=O) groups excluding carboxylic acids is 1. The Morgan fingerprint density at radius 1 is 0.906 bits per heavy atom. The molecular weight excluding hydrogens is 406 g/mol. The molecule has 0 spiro atoms. The summed E-state index contributed by atoms with van der Waals surface area (Å²) in [6.45, 7) is 1.97. The number of hydrogen-bond acceptors (Lipinski definition) is 5. The van der Waals surface area contributed by atoms with Crippen LogP contribution in [0.4, 0.5) is 16.2 Å². The molecule has 3 aromatic carbocycles. The Kier molecular flexibility index (Phi) is 5.94. The van der Waals surface area contributed by atoms with Crippen LogP contribution in [0.25, 0.3) is 22.6 Å². The van der Waals surface area contributed by atoms with Gasteiger partial charge in [0.2, 0.25) is 0 Å². The summed E-state index contributed by atoms with van der Waals surface area (Å²) in [4.78, 5) is 27.9. The van der Waals surface area contributed by atoms with Gasteiger partial charge in [-0.2, -0.15) is 0 Å². The van der Waals surface area contributed by atoms with Gasteiger partial charge < -0.3 is 20.4 Å². The van der Waals surface area contributed by atoms with Gasteiger partial charge in [0.15, 0.2) is 11.5 Å². The first-order valence-electron chi connectivity index (χ1n) is 9.89. The Hall–Kier alpha value is -4.46. The number of nitrogens with zero attached hydrogens (tertiary/aromatic N) is 2. The second kappa shape index (κ2) is 9.13. The molecule has 0 atom stereocenters. The lowest BCUT2D eigenvalue weighted by molar-refractivity contribution is 0.262. The van der Waals surface area contributed by atoms with Gasteiger partial charge >= 0.3 is 6.03 Å². The molecule has 4 aromatic rings. The summed E-state index contributed by atoms with van der Waals surface area (Å²) in [6.07, 6.45) is 0. The van der Waals surface area contributed by atoms with Crippen molar-refractivity contribution in [1.29, 1.82) is 0 Å². The number of ether oxygens (including phenoxy) is 1. The van der Waals surface area contributed by atoms with Crippen LogP contribution >= 0.6 is 0 Å². The van der Waals surface area contributed by atoms with Crippen molar-refractivity contribution in [3.63, 3.8) is 0 Å². The number of methoxy groups -OCH3 is 1. The largest absolute Gasteiger partial charge is 0.497 e. The van der Waals surface area contributed by atoms with Crippen LogP contribution in [0.5, 0.6) is 5.75 Å². The number of para-hydroxylation sites is 1. The van der Waals surface area contributed by atoms with E-state index < -0.39 is 6.03 Å². The number of amides is 2. The Labute approximate surface area is 184 Å². The van der Waals surface area contributed by atoms with E-state index in [-0.39, 0.29) is 17.1 Å².